The zero-order chi connectivity index (χ0) is 26.9. The van der Waals surface area contributed by atoms with Crippen LogP contribution in [-0.2, 0) is 6.54 Å². The van der Waals surface area contributed by atoms with Crippen molar-refractivity contribution in [3.8, 4) is 5.75 Å². The standard InChI is InChI=1S/C29H31N7O3/c1-19-15-21-17-25(29(37)30-26(21)16-20(19)2)27(28-31-32-33-36(28)18-24-5-4-14-39-24)35-12-10-34(11-13-35)22-6-8-23(38-3)9-7-22/h4-9,14-17,27H,10-13,18H2,1-3H3,(H,30,37)/t27-/m1/s1. The second kappa shape index (κ2) is 10.4. The predicted octanol–water partition coefficient (Wildman–Crippen LogP) is 3.69. The van der Waals surface area contributed by atoms with Gasteiger partial charge in [0.05, 0.1) is 13.4 Å². The largest absolute Gasteiger partial charge is 0.497 e. The van der Waals surface area contributed by atoms with Crippen LogP contribution in [0.25, 0.3) is 10.9 Å². The number of furan rings is 1. The number of pyridine rings is 1. The third kappa shape index (κ3) is 4.90. The quantitative estimate of drug-likeness (QED) is 0.343. The number of benzene rings is 2. The molecule has 0 amide bonds. The van der Waals surface area contributed by atoms with Crippen molar-refractivity contribution >= 4 is 16.6 Å². The Labute approximate surface area is 225 Å². The fourth-order valence-corrected chi connectivity index (χ4v) is 5.30. The molecule has 0 aliphatic carbocycles. The molecule has 1 saturated heterocycles. The number of anilines is 1. The first-order valence-corrected chi connectivity index (χ1v) is 13.1. The van der Waals surface area contributed by atoms with Crippen molar-refractivity contribution < 1.29 is 9.15 Å². The zero-order valence-electron chi connectivity index (χ0n) is 22.3. The van der Waals surface area contributed by atoms with Crippen LogP contribution in [0.2, 0.25) is 0 Å². The summed E-state index contributed by atoms with van der Waals surface area (Å²) in [6.45, 7) is 7.57. The number of piperazine rings is 1. The molecular weight excluding hydrogens is 494 g/mol. The van der Waals surface area contributed by atoms with Crippen molar-refractivity contribution in [1.82, 2.24) is 30.1 Å². The maximum atomic E-state index is 13.6. The van der Waals surface area contributed by atoms with E-state index in [1.807, 2.05) is 36.4 Å². The summed E-state index contributed by atoms with van der Waals surface area (Å²) in [7, 11) is 1.67. The molecule has 1 aliphatic rings. The van der Waals surface area contributed by atoms with Gasteiger partial charge in [0.1, 0.15) is 24.1 Å². The first-order chi connectivity index (χ1) is 19.0. The Morgan fingerprint density at radius 3 is 2.51 bits per heavy atom. The van der Waals surface area contributed by atoms with Gasteiger partial charge in [-0.15, -0.1) is 5.10 Å². The molecule has 1 aliphatic heterocycles. The van der Waals surface area contributed by atoms with Gasteiger partial charge in [0.15, 0.2) is 5.82 Å². The molecule has 1 fully saturated rings. The van der Waals surface area contributed by atoms with Crippen molar-refractivity contribution in [3.63, 3.8) is 0 Å². The molecule has 0 saturated carbocycles. The molecular formula is C29H31N7O3. The summed E-state index contributed by atoms with van der Waals surface area (Å²) >= 11 is 0. The number of rotatable bonds is 7. The number of nitrogens with zero attached hydrogens (tertiary/aromatic N) is 6. The lowest BCUT2D eigenvalue weighted by Crippen LogP contribution is -2.49. The van der Waals surface area contributed by atoms with Crippen LogP contribution >= 0.6 is 0 Å². The summed E-state index contributed by atoms with van der Waals surface area (Å²) in [6, 6.07) is 17.6. The minimum atomic E-state index is -0.428. The van der Waals surface area contributed by atoms with Crippen LogP contribution in [0.3, 0.4) is 0 Å². The molecule has 0 unspecified atom stereocenters. The van der Waals surface area contributed by atoms with E-state index < -0.39 is 6.04 Å². The van der Waals surface area contributed by atoms with E-state index in [0.717, 1.165) is 59.8 Å². The van der Waals surface area contributed by atoms with Gasteiger partial charge in [-0.2, -0.15) is 0 Å². The fourth-order valence-electron chi connectivity index (χ4n) is 5.30. The SMILES string of the molecule is COc1ccc(N2CCN([C@H](c3cc4cc(C)c(C)cc4[nH]c3=O)c3nnnn3Cc3ccco3)CC2)cc1. The van der Waals surface area contributed by atoms with Gasteiger partial charge < -0.3 is 19.0 Å². The van der Waals surface area contributed by atoms with Crippen molar-refractivity contribution in [2.75, 3.05) is 38.2 Å². The Kier molecular flexibility index (Phi) is 6.62. The van der Waals surface area contributed by atoms with Gasteiger partial charge in [-0.05, 0) is 95.4 Å². The van der Waals surface area contributed by atoms with Gasteiger partial charge in [-0.1, -0.05) is 0 Å². The highest BCUT2D eigenvalue weighted by Crippen LogP contribution is 2.30. The first-order valence-electron chi connectivity index (χ1n) is 13.1. The topological polar surface area (TPSA) is 105 Å². The van der Waals surface area contributed by atoms with E-state index in [4.69, 9.17) is 9.15 Å². The Bertz CT molecular complexity index is 1630. The Morgan fingerprint density at radius 2 is 1.79 bits per heavy atom. The van der Waals surface area contributed by atoms with Gasteiger partial charge in [0, 0.05) is 42.9 Å². The molecule has 0 bridgehead atoms. The smallest absolute Gasteiger partial charge is 0.253 e. The number of ether oxygens (including phenoxy) is 1. The second-order valence-corrected chi connectivity index (χ2v) is 9.98. The van der Waals surface area contributed by atoms with Crippen molar-refractivity contribution in [2.24, 2.45) is 0 Å². The molecule has 5 aromatic rings. The van der Waals surface area contributed by atoms with Gasteiger partial charge in [0.25, 0.3) is 5.56 Å². The van der Waals surface area contributed by atoms with Gasteiger partial charge >= 0.3 is 0 Å². The van der Waals surface area contributed by atoms with Crippen LogP contribution in [0.5, 0.6) is 5.75 Å². The number of hydrogen-bond donors (Lipinski definition) is 1. The number of tetrazole rings is 1. The number of aromatic nitrogens is 5. The van der Waals surface area contributed by atoms with E-state index in [1.165, 1.54) is 5.56 Å². The molecule has 1 N–H and O–H groups in total. The van der Waals surface area contributed by atoms with Crippen LogP contribution < -0.4 is 15.2 Å². The van der Waals surface area contributed by atoms with E-state index in [0.29, 0.717) is 17.9 Å². The summed E-state index contributed by atoms with van der Waals surface area (Å²) in [6.07, 6.45) is 1.63. The summed E-state index contributed by atoms with van der Waals surface area (Å²) in [5.41, 5.74) is 4.77. The lowest BCUT2D eigenvalue weighted by atomic mass is 10.00. The van der Waals surface area contributed by atoms with Crippen molar-refractivity contribution in [2.45, 2.75) is 26.4 Å². The molecule has 3 aromatic heterocycles. The number of methoxy groups -OCH3 is 1. The van der Waals surface area contributed by atoms with Crippen molar-refractivity contribution in [3.05, 3.63) is 99.5 Å². The van der Waals surface area contributed by atoms with E-state index in [2.05, 4.69) is 62.4 Å². The highest BCUT2D eigenvalue weighted by Gasteiger charge is 2.33. The van der Waals surface area contributed by atoms with Crippen LogP contribution in [0.1, 0.15) is 34.3 Å². The zero-order valence-corrected chi connectivity index (χ0v) is 22.3. The third-order valence-corrected chi connectivity index (χ3v) is 7.59. The molecule has 10 heteroatoms. The number of fused-ring (bicyclic) bond motifs is 1. The predicted molar refractivity (Wildman–Crippen MR) is 148 cm³/mol. The number of H-pyrrole nitrogens is 1. The molecule has 0 spiro atoms. The Balaban J connectivity index is 1.37. The minimum Gasteiger partial charge on any atom is -0.497 e. The van der Waals surface area contributed by atoms with Crippen LogP contribution in [0.4, 0.5) is 5.69 Å². The lowest BCUT2D eigenvalue weighted by molar-refractivity contribution is 0.200. The van der Waals surface area contributed by atoms with Crippen LogP contribution in [0, 0.1) is 13.8 Å². The average Bonchev–Trinajstić information content (AvgIpc) is 3.64. The monoisotopic (exact) mass is 525 g/mol. The van der Waals surface area contributed by atoms with E-state index in [9.17, 15) is 4.79 Å². The Morgan fingerprint density at radius 1 is 1.03 bits per heavy atom. The van der Waals surface area contributed by atoms with E-state index in [1.54, 1.807) is 18.1 Å². The molecule has 6 rings (SSSR count). The van der Waals surface area contributed by atoms with Crippen LogP contribution in [-0.4, -0.2) is 63.4 Å². The number of hydrogen-bond acceptors (Lipinski definition) is 8. The maximum absolute atomic E-state index is 13.6. The molecule has 200 valence electrons. The maximum Gasteiger partial charge on any atom is 0.253 e. The molecule has 1 atom stereocenters. The van der Waals surface area contributed by atoms with Gasteiger partial charge in [0.2, 0.25) is 0 Å². The molecule has 10 nitrogen and oxygen atoms in total. The molecule has 39 heavy (non-hydrogen) atoms. The normalized spacial score (nSPS) is 15.1. The number of nitrogens with one attached hydrogen (secondary N) is 1. The first kappa shape index (κ1) is 24.9. The van der Waals surface area contributed by atoms with Crippen LogP contribution in [0.15, 0.2) is 70.1 Å². The average molecular weight is 526 g/mol. The highest BCUT2D eigenvalue weighted by atomic mass is 16.5. The second-order valence-electron chi connectivity index (χ2n) is 9.98. The lowest BCUT2D eigenvalue weighted by Gasteiger charge is -2.39. The Hall–Kier alpha value is -4.44. The summed E-state index contributed by atoms with van der Waals surface area (Å²) in [5.74, 6) is 2.19. The minimum absolute atomic E-state index is 0.138. The van der Waals surface area contributed by atoms with Gasteiger partial charge in [-0.3, -0.25) is 9.69 Å². The summed E-state index contributed by atoms with van der Waals surface area (Å²) in [5, 5.41) is 13.7. The molecule has 0 radical (unpaired) electrons. The number of aryl methyl sites for hydroxylation is 2. The summed E-state index contributed by atoms with van der Waals surface area (Å²) in [4.78, 5) is 21.3. The molecule has 4 heterocycles. The van der Waals surface area contributed by atoms with E-state index in [-0.39, 0.29) is 5.56 Å². The summed E-state index contributed by atoms with van der Waals surface area (Å²) < 4.78 is 12.6. The fraction of sp³-hybridized carbons (Fsp3) is 0.310. The highest BCUT2D eigenvalue weighted by molar-refractivity contribution is 5.81. The third-order valence-electron chi connectivity index (χ3n) is 7.59. The van der Waals surface area contributed by atoms with E-state index >= 15 is 0 Å². The van der Waals surface area contributed by atoms with Crippen molar-refractivity contribution in [1.29, 1.82) is 0 Å². The molecule has 2 aromatic carbocycles. The van der Waals surface area contributed by atoms with Gasteiger partial charge in [-0.25, -0.2) is 4.68 Å². The number of aromatic amines is 1.